The number of aromatic nitrogens is 3. The molecule has 1 aliphatic heterocycles. The van der Waals surface area contributed by atoms with Crippen molar-refractivity contribution < 1.29 is 9.53 Å². The van der Waals surface area contributed by atoms with Gasteiger partial charge in [0, 0.05) is 30.4 Å². The molecule has 0 saturated carbocycles. The molecule has 1 fully saturated rings. The zero-order valence-electron chi connectivity index (χ0n) is 16.7. The zero-order valence-corrected chi connectivity index (χ0v) is 16.7. The van der Waals surface area contributed by atoms with Crippen LogP contribution in [0.4, 0.5) is 0 Å². The van der Waals surface area contributed by atoms with Crippen LogP contribution in [0.5, 0.6) is 0 Å². The van der Waals surface area contributed by atoms with Crippen molar-refractivity contribution in [1.29, 1.82) is 0 Å². The van der Waals surface area contributed by atoms with Gasteiger partial charge in [-0.3, -0.25) is 4.79 Å². The summed E-state index contributed by atoms with van der Waals surface area (Å²) in [6.45, 7) is 7.85. The van der Waals surface area contributed by atoms with E-state index in [0.29, 0.717) is 32.5 Å². The Labute approximate surface area is 165 Å². The maximum atomic E-state index is 12.9. The summed E-state index contributed by atoms with van der Waals surface area (Å²) in [5, 5.41) is 4.52. The summed E-state index contributed by atoms with van der Waals surface area (Å²) in [7, 11) is 0. The second kappa shape index (κ2) is 7.72. The molecule has 1 aliphatic rings. The van der Waals surface area contributed by atoms with Crippen molar-refractivity contribution in [3.63, 3.8) is 0 Å². The lowest BCUT2D eigenvalue weighted by Gasteiger charge is -2.33. The minimum Gasteiger partial charge on any atom is -0.370 e. The van der Waals surface area contributed by atoms with Crippen LogP contribution in [0.15, 0.2) is 36.4 Å². The maximum Gasteiger partial charge on any atom is 0.223 e. The Hall–Kier alpha value is -2.73. The summed E-state index contributed by atoms with van der Waals surface area (Å²) in [5.74, 6) is 0.166. The lowest BCUT2D eigenvalue weighted by molar-refractivity contribution is -0.139. The van der Waals surface area contributed by atoms with Gasteiger partial charge < -0.3 is 9.64 Å². The van der Waals surface area contributed by atoms with E-state index in [4.69, 9.17) is 4.74 Å². The van der Waals surface area contributed by atoms with Crippen molar-refractivity contribution in [1.82, 2.24) is 19.5 Å². The first-order chi connectivity index (χ1) is 13.5. The highest BCUT2D eigenvalue weighted by molar-refractivity contribution is 5.76. The van der Waals surface area contributed by atoms with Gasteiger partial charge in [0.15, 0.2) is 5.65 Å². The molecule has 1 aromatic carbocycles. The Morgan fingerprint density at radius 1 is 1.21 bits per heavy atom. The van der Waals surface area contributed by atoms with E-state index in [1.807, 2.05) is 54.5 Å². The number of aryl methyl sites for hydroxylation is 3. The summed E-state index contributed by atoms with van der Waals surface area (Å²) < 4.78 is 7.76. The van der Waals surface area contributed by atoms with E-state index in [2.05, 4.69) is 22.2 Å². The molecule has 6 heteroatoms. The topological polar surface area (TPSA) is 59.7 Å². The molecular formula is C22H26N4O2. The van der Waals surface area contributed by atoms with Crippen LogP contribution in [0.25, 0.3) is 5.65 Å². The molecule has 3 heterocycles. The Kier molecular flexibility index (Phi) is 5.13. The predicted molar refractivity (Wildman–Crippen MR) is 107 cm³/mol. The number of nitrogens with zero attached hydrogens (tertiary/aromatic N) is 4. The molecule has 4 rings (SSSR count). The maximum absolute atomic E-state index is 12.9. The van der Waals surface area contributed by atoms with E-state index in [0.717, 1.165) is 33.9 Å². The number of hydrogen-bond donors (Lipinski definition) is 0. The third-order valence-electron chi connectivity index (χ3n) is 5.47. The highest BCUT2D eigenvalue weighted by atomic mass is 16.5. The van der Waals surface area contributed by atoms with Crippen molar-refractivity contribution in [3.05, 3.63) is 64.6 Å². The molecule has 0 aliphatic carbocycles. The van der Waals surface area contributed by atoms with Crippen molar-refractivity contribution in [2.45, 2.75) is 39.7 Å². The molecule has 1 atom stereocenters. The smallest absolute Gasteiger partial charge is 0.223 e. The molecule has 0 N–H and O–H groups in total. The number of hydrogen-bond acceptors (Lipinski definition) is 4. The van der Waals surface area contributed by atoms with E-state index in [1.165, 1.54) is 0 Å². The number of fused-ring (bicyclic) bond motifs is 1. The predicted octanol–water partition coefficient (Wildman–Crippen LogP) is 3.19. The highest BCUT2D eigenvalue weighted by Crippen LogP contribution is 2.23. The van der Waals surface area contributed by atoms with E-state index in [-0.39, 0.29) is 12.0 Å². The molecule has 6 nitrogen and oxygen atoms in total. The van der Waals surface area contributed by atoms with E-state index in [1.54, 1.807) is 0 Å². The van der Waals surface area contributed by atoms with Crippen LogP contribution < -0.4 is 0 Å². The number of amides is 1. The molecule has 0 radical (unpaired) electrons. The van der Waals surface area contributed by atoms with Gasteiger partial charge in [0.25, 0.3) is 0 Å². The third-order valence-corrected chi connectivity index (χ3v) is 5.47. The SMILES string of the molecule is Cc1cc2nc(C)c(CCC(=O)N3CCOC(c4ccccc4)C3)c(C)n2n1. The van der Waals surface area contributed by atoms with Gasteiger partial charge in [0.05, 0.1) is 18.8 Å². The van der Waals surface area contributed by atoms with Crippen LogP contribution >= 0.6 is 0 Å². The molecule has 1 unspecified atom stereocenters. The average molecular weight is 378 g/mol. The third kappa shape index (κ3) is 3.64. The lowest BCUT2D eigenvalue weighted by atomic mass is 10.0. The molecule has 2 aromatic heterocycles. The molecular weight excluding hydrogens is 352 g/mol. The normalized spacial score (nSPS) is 17.2. The standard InChI is InChI=1S/C22H26N4O2/c1-15-13-21-23-16(2)19(17(3)26(21)24-15)9-10-22(27)25-11-12-28-20(14-25)18-7-5-4-6-8-18/h4-8,13,20H,9-12,14H2,1-3H3. The lowest BCUT2D eigenvalue weighted by Crippen LogP contribution is -2.42. The first-order valence-corrected chi connectivity index (χ1v) is 9.79. The summed E-state index contributed by atoms with van der Waals surface area (Å²) in [6, 6.07) is 12.1. The van der Waals surface area contributed by atoms with Crippen molar-refractivity contribution >= 4 is 11.6 Å². The molecule has 0 spiro atoms. The minimum atomic E-state index is -0.0487. The summed E-state index contributed by atoms with van der Waals surface area (Å²) in [5.41, 5.74) is 6.08. The van der Waals surface area contributed by atoms with E-state index >= 15 is 0 Å². The fraction of sp³-hybridized carbons (Fsp3) is 0.409. The number of morpholine rings is 1. The molecule has 3 aromatic rings. The van der Waals surface area contributed by atoms with Gasteiger partial charge in [-0.15, -0.1) is 0 Å². The van der Waals surface area contributed by atoms with Crippen LogP contribution in [0, 0.1) is 20.8 Å². The molecule has 1 amide bonds. The highest BCUT2D eigenvalue weighted by Gasteiger charge is 2.25. The van der Waals surface area contributed by atoms with Crippen LogP contribution in [0.1, 0.15) is 40.7 Å². The molecule has 146 valence electrons. The largest absolute Gasteiger partial charge is 0.370 e. The Balaban J connectivity index is 1.45. The zero-order chi connectivity index (χ0) is 19.7. The number of benzene rings is 1. The van der Waals surface area contributed by atoms with E-state index in [9.17, 15) is 4.79 Å². The van der Waals surface area contributed by atoms with Gasteiger partial charge in [-0.05, 0) is 38.3 Å². The first-order valence-electron chi connectivity index (χ1n) is 9.79. The Bertz CT molecular complexity index is 997. The van der Waals surface area contributed by atoms with Gasteiger partial charge in [0.1, 0.15) is 6.10 Å². The van der Waals surface area contributed by atoms with E-state index < -0.39 is 0 Å². The van der Waals surface area contributed by atoms with Crippen LogP contribution in [0.2, 0.25) is 0 Å². The monoisotopic (exact) mass is 378 g/mol. The Morgan fingerprint density at radius 2 is 2.00 bits per heavy atom. The number of rotatable bonds is 4. The Morgan fingerprint density at radius 3 is 2.79 bits per heavy atom. The molecule has 1 saturated heterocycles. The van der Waals surface area contributed by atoms with Crippen molar-refractivity contribution in [3.8, 4) is 0 Å². The van der Waals surface area contributed by atoms with Crippen LogP contribution in [-0.4, -0.2) is 45.1 Å². The first kappa shape index (κ1) is 18.6. The fourth-order valence-corrected chi connectivity index (χ4v) is 3.94. The van der Waals surface area contributed by atoms with Crippen LogP contribution in [0.3, 0.4) is 0 Å². The minimum absolute atomic E-state index is 0.0487. The second-order valence-electron chi connectivity index (χ2n) is 7.43. The molecule has 28 heavy (non-hydrogen) atoms. The number of ether oxygens (including phenoxy) is 1. The average Bonchev–Trinajstić information content (AvgIpc) is 3.08. The summed E-state index contributed by atoms with van der Waals surface area (Å²) >= 11 is 0. The summed E-state index contributed by atoms with van der Waals surface area (Å²) in [6.07, 6.45) is 1.09. The number of carbonyl (C=O) groups is 1. The summed E-state index contributed by atoms with van der Waals surface area (Å²) in [4.78, 5) is 19.4. The van der Waals surface area contributed by atoms with Crippen molar-refractivity contribution in [2.75, 3.05) is 19.7 Å². The van der Waals surface area contributed by atoms with Gasteiger partial charge in [-0.2, -0.15) is 5.10 Å². The molecule has 0 bridgehead atoms. The van der Waals surface area contributed by atoms with Gasteiger partial charge in [0.2, 0.25) is 5.91 Å². The van der Waals surface area contributed by atoms with Gasteiger partial charge in [-0.25, -0.2) is 9.50 Å². The van der Waals surface area contributed by atoms with Crippen molar-refractivity contribution in [2.24, 2.45) is 0 Å². The quantitative estimate of drug-likeness (QED) is 0.700. The van der Waals surface area contributed by atoms with Crippen LogP contribution in [-0.2, 0) is 16.0 Å². The second-order valence-corrected chi connectivity index (χ2v) is 7.43. The number of carbonyl (C=O) groups excluding carboxylic acids is 1. The van der Waals surface area contributed by atoms with Gasteiger partial charge >= 0.3 is 0 Å². The van der Waals surface area contributed by atoms with Gasteiger partial charge in [-0.1, -0.05) is 30.3 Å². The fourth-order valence-electron chi connectivity index (χ4n) is 3.94.